The summed E-state index contributed by atoms with van der Waals surface area (Å²) >= 11 is 0. The van der Waals surface area contributed by atoms with E-state index in [2.05, 4.69) is 10.2 Å². The van der Waals surface area contributed by atoms with E-state index >= 15 is 0 Å². The molecule has 0 aromatic rings. The second kappa shape index (κ2) is 5.35. The summed E-state index contributed by atoms with van der Waals surface area (Å²) in [6.45, 7) is 1.34. The Bertz CT molecular complexity index is 290. The molecule has 3 amide bonds. The summed E-state index contributed by atoms with van der Waals surface area (Å²) in [7, 11) is 0. The number of carbonyl (C=O) groups excluding carboxylic acids is 2. The van der Waals surface area contributed by atoms with Crippen molar-refractivity contribution in [1.82, 2.24) is 10.9 Å². The number of carbonyl (C=O) groups is 2. The Kier molecular flexibility index (Phi) is 4.46. The lowest BCUT2D eigenvalue weighted by atomic mass is 10.4. The van der Waals surface area contributed by atoms with Gasteiger partial charge in [0, 0.05) is 0 Å². The fourth-order valence-electron chi connectivity index (χ4n) is 0.386. The number of nitrogens with one attached hydrogen (secondary N) is 2. The highest BCUT2D eigenvalue weighted by atomic mass is 16.2. The summed E-state index contributed by atoms with van der Waals surface area (Å²) in [5.41, 5.74) is 18.4. The van der Waals surface area contributed by atoms with Crippen LogP contribution in [0.15, 0.2) is 10.2 Å². The average Bonchev–Trinajstić information content (AvgIpc) is 2.09. The van der Waals surface area contributed by atoms with Gasteiger partial charge in [0.1, 0.15) is 5.71 Å². The largest absolute Gasteiger partial charge is 0.369 e. The monoisotopic (exact) mass is 201 g/mol. The van der Waals surface area contributed by atoms with Crippen molar-refractivity contribution in [1.29, 1.82) is 0 Å². The lowest BCUT2D eigenvalue weighted by Crippen LogP contribution is -2.33. The Morgan fingerprint density at radius 1 is 1.07 bits per heavy atom. The number of rotatable bonds is 3. The van der Waals surface area contributed by atoms with Crippen LogP contribution in [0.1, 0.15) is 6.92 Å². The molecule has 8 N–H and O–H groups in total. The van der Waals surface area contributed by atoms with Crippen LogP contribution in [0, 0.1) is 0 Å². The number of hydrogen-bond acceptors (Lipinski definition) is 4. The van der Waals surface area contributed by atoms with E-state index in [0.717, 1.165) is 0 Å². The summed E-state index contributed by atoms with van der Waals surface area (Å²) in [4.78, 5) is 21.2. The van der Waals surface area contributed by atoms with Gasteiger partial charge in [-0.15, -0.1) is 5.10 Å². The number of nitrogens with zero attached hydrogens (tertiary/aromatic N) is 2. The molecule has 0 atom stereocenters. The van der Waals surface area contributed by atoms with Crippen LogP contribution in [0.25, 0.3) is 0 Å². The van der Waals surface area contributed by atoms with Crippen molar-refractivity contribution in [2.24, 2.45) is 27.4 Å². The topological polar surface area (TPSA) is 161 Å². The summed E-state index contributed by atoms with van der Waals surface area (Å²) in [6, 6.07) is -0.876. The first-order valence-electron chi connectivity index (χ1n) is 3.42. The van der Waals surface area contributed by atoms with Gasteiger partial charge >= 0.3 is 6.03 Å². The molecule has 0 unspecified atom stereocenters. The average molecular weight is 201 g/mol. The molecule has 9 heteroatoms. The first-order valence-corrected chi connectivity index (χ1v) is 3.42. The Balaban J connectivity index is 4.18. The summed E-state index contributed by atoms with van der Waals surface area (Å²) in [5, 5.41) is 6.55. The zero-order valence-corrected chi connectivity index (χ0v) is 7.44. The minimum atomic E-state index is -0.876. The highest BCUT2D eigenvalue weighted by Gasteiger charge is 2.04. The quantitative estimate of drug-likeness (QED) is 0.191. The zero-order chi connectivity index (χ0) is 11.1. The van der Waals surface area contributed by atoms with Crippen molar-refractivity contribution in [3.63, 3.8) is 0 Å². The number of nitrogens with two attached hydrogens (primary N) is 3. The number of urea groups is 1. The van der Waals surface area contributed by atoms with Crippen molar-refractivity contribution in [3.05, 3.63) is 0 Å². The molecule has 0 aromatic heterocycles. The number of guanidine groups is 1. The third-order valence-corrected chi connectivity index (χ3v) is 0.949. The molecule has 0 rings (SSSR count). The van der Waals surface area contributed by atoms with E-state index < -0.39 is 11.9 Å². The smallest absolute Gasteiger partial charge is 0.332 e. The molecule has 0 saturated carbocycles. The maximum Gasteiger partial charge on any atom is 0.332 e. The van der Waals surface area contributed by atoms with Crippen LogP contribution in [-0.2, 0) is 4.79 Å². The molecule has 9 nitrogen and oxygen atoms in total. The van der Waals surface area contributed by atoms with Gasteiger partial charge in [0.2, 0.25) is 5.96 Å². The van der Waals surface area contributed by atoms with Crippen molar-refractivity contribution in [3.8, 4) is 0 Å². The highest BCUT2D eigenvalue weighted by Crippen LogP contribution is 1.75. The van der Waals surface area contributed by atoms with Crippen LogP contribution in [0.5, 0.6) is 0 Å². The van der Waals surface area contributed by atoms with E-state index in [1.165, 1.54) is 6.92 Å². The molecule has 0 aliphatic heterocycles. The molecule has 0 bridgehead atoms. The molecule has 0 aliphatic carbocycles. The van der Waals surface area contributed by atoms with Gasteiger partial charge in [0.05, 0.1) is 0 Å². The van der Waals surface area contributed by atoms with E-state index in [9.17, 15) is 9.59 Å². The first-order chi connectivity index (χ1) is 6.43. The Labute approximate surface area is 79.4 Å². The second-order valence-corrected chi connectivity index (χ2v) is 2.15. The fourth-order valence-corrected chi connectivity index (χ4v) is 0.386. The molecule has 0 fully saturated rings. The Morgan fingerprint density at radius 2 is 1.64 bits per heavy atom. The molecule has 78 valence electrons. The standard InChI is InChI=1S/C5H11N7O2/c1-2(9-12-5(8)14)3(13)10-11-4(6)7/h1H3,(H,10,13)(H4,6,7,11)(H3,8,12,14)/b9-2-. The zero-order valence-electron chi connectivity index (χ0n) is 7.44. The normalized spacial score (nSPS) is 10.2. The molecular weight excluding hydrogens is 190 g/mol. The van der Waals surface area contributed by atoms with Crippen LogP contribution in [0.2, 0.25) is 0 Å². The number of hydrogen-bond donors (Lipinski definition) is 5. The molecule has 0 spiro atoms. The molecule has 0 aliphatic rings. The maximum absolute atomic E-state index is 11.0. The molecular formula is C5H11N7O2. The molecule has 14 heavy (non-hydrogen) atoms. The van der Waals surface area contributed by atoms with Gasteiger partial charge in [-0.2, -0.15) is 5.10 Å². The predicted molar refractivity (Wildman–Crippen MR) is 49.8 cm³/mol. The Hall–Kier alpha value is -2.32. The van der Waals surface area contributed by atoms with Gasteiger partial charge < -0.3 is 17.2 Å². The van der Waals surface area contributed by atoms with Gasteiger partial charge in [-0.3, -0.25) is 4.79 Å². The van der Waals surface area contributed by atoms with Crippen LogP contribution in [0.3, 0.4) is 0 Å². The maximum atomic E-state index is 11.0. The van der Waals surface area contributed by atoms with E-state index in [1.54, 1.807) is 0 Å². The van der Waals surface area contributed by atoms with E-state index in [4.69, 9.17) is 17.2 Å². The van der Waals surface area contributed by atoms with Crippen LogP contribution in [0.4, 0.5) is 4.79 Å². The van der Waals surface area contributed by atoms with E-state index in [-0.39, 0.29) is 11.7 Å². The molecule has 0 aromatic carbocycles. The highest BCUT2D eigenvalue weighted by molar-refractivity contribution is 6.37. The minimum absolute atomic E-state index is 0.0474. The minimum Gasteiger partial charge on any atom is -0.369 e. The van der Waals surface area contributed by atoms with Crippen LogP contribution >= 0.6 is 0 Å². The van der Waals surface area contributed by atoms with Crippen molar-refractivity contribution in [2.45, 2.75) is 6.92 Å². The number of hydrazone groups is 2. The molecule has 0 heterocycles. The SMILES string of the molecule is C/C(=N/NC(N)=O)C(=O)NN=C(N)N. The fraction of sp³-hybridized carbons (Fsp3) is 0.200. The van der Waals surface area contributed by atoms with Crippen LogP contribution in [-0.4, -0.2) is 23.6 Å². The van der Waals surface area contributed by atoms with Gasteiger partial charge in [-0.25, -0.2) is 15.6 Å². The second-order valence-electron chi connectivity index (χ2n) is 2.15. The lowest BCUT2D eigenvalue weighted by Gasteiger charge is -1.98. The third kappa shape index (κ3) is 5.35. The van der Waals surface area contributed by atoms with Gasteiger partial charge in [-0.1, -0.05) is 0 Å². The van der Waals surface area contributed by atoms with Crippen molar-refractivity contribution >= 4 is 23.6 Å². The van der Waals surface area contributed by atoms with Crippen molar-refractivity contribution in [2.75, 3.05) is 0 Å². The number of amides is 3. The third-order valence-electron chi connectivity index (χ3n) is 0.949. The predicted octanol–water partition coefficient (Wildman–Crippen LogP) is -2.66. The molecule has 0 radical (unpaired) electrons. The summed E-state index contributed by atoms with van der Waals surface area (Å²) in [5.74, 6) is -0.957. The summed E-state index contributed by atoms with van der Waals surface area (Å²) in [6.07, 6.45) is 0. The van der Waals surface area contributed by atoms with Gasteiger partial charge in [-0.05, 0) is 6.92 Å². The van der Waals surface area contributed by atoms with E-state index in [0.29, 0.717) is 0 Å². The van der Waals surface area contributed by atoms with Gasteiger partial charge in [0.15, 0.2) is 0 Å². The molecule has 0 saturated heterocycles. The van der Waals surface area contributed by atoms with E-state index in [1.807, 2.05) is 10.9 Å². The van der Waals surface area contributed by atoms with Crippen LogP contribution < -0.4 is 28.1 Å². The first kappa shape index (κ1) is 11.7. The van der Waals surface area contributed by atoms with Crippen molar-refractivity contribution < 1.29 is 9.59 Å². The lowest BCUT2D eigenvalue weighted by molar-refractivity contribution is -0.114. The number of primary amides is 1. The summed E-state index contributed by atoms with van der Waals surface area (Å²) < 4.78 is 0. The Morgan fingerprint density at radius 3 is 2.07 bits per heavy atom. The van der Waals surface area contributed by atoms with Gasteiger partial charge in [0.25, 0.3) is 5.91 Å².